The molecule has 84 valence electrons. The zero-order chi connectivity index (χ0) is 11.6. The van der Waals surface area contributed by atoms with E-state index in [2.05, 4.69) is 10.6 Å². The van der Waals surface area contributed by atoms with Gasteiger partial charge in [-0.1, -0.05) is 0 Å². The lowest BCUT2D eigenvalue weighted by Crippen LogP contribution is -2.50. The van der Waals surface area contributed by atoms with Crippen molar-refractivity contribution >= 4 is 17.7 Å². The van der Waals surface area contributed by atoms with Crippen LogP contribution in [0.1, 0.15) is 26.7 Å². The number of hydrogen-bond donors (Lipinski definition) is 3. The molecule has 15 heavy (non-hydrogen) atoms. The molecule has 6 nitrogen and oxygen atoms in total. The lowest BCUT2D eigenvalue weighted by Gasteiger charge is -2.27. The van der Waals surface area contributed by atoms with Crippen molar-refractivity contribution in [3.63, 3.8) is 0 Å². The normalized spacial score (nSPS) is 21.6. The van der Waals surface area contributed by atoms with E-state index < -0.39 is 17.5 Å². The summed E-state index contributed by atoms with van der Waals surface area (Å²) in [6, 6.07) is -0.563. The predicted octanol–water partition coefficient (Wildman–Crippen LogP) is -1.35. The number of amides is 3. The molecule has 1 heterocycles. The van der Waals surface area contributed by atoms with Crippen molar-refractivity contribution in [2.24, 2.45) is 5.73 Å². The maximum absolute atomic E-state index is 11.2. The average Bonchev–Trinajstić information content (AvgIpc) is 2.25. The molecule has 0 aromatic carbocycles. The van der Waals surface area contributed by atoms with Crippen molar-refractivity contribution in [1.29, 1.82) is 0 Å². The van der Waals surface area contributed by atoms with Gasteiger partial charge in [-0.3, -0.25) is 25.0 Å². The van der Waals surface area contributed by atoms with Crippen LogP contribution < -0.4 is 16.4 Å². The summed E-state index contributed by atoms with van der Waals surface area (Å²) in [7, 11) is 0. The summed E-state index contributed by atoms with van der Waals surface area (Å²) >= 11 is 0. The first kappa shape index (κ1) is 11.6. The fourth-order valence-corrected chi connectivity index (χ4v) is 1.63. The third kappa shape index (κ3) is 3.32. The average molecular weight is 213 g/mol. The number of carbonyl (C=O) groups is 3. The summed E-state index contributed by atoms with van der Waals surface area (Å²) < 4.78 is 0. The Balaban J connectivity index is 2.57. The summed E-state index contributed by atoms with van der Waals surface area (Å²) in [5, 5.41) is 5.12. The van der Waals surface area contributed by atoms with E-state index in [4.69, 9.17) is 5.73 Å². The SMILES string of the molecule is CC(C)(CC(N)=O)NC1CC(=O)NC1=O. The first-order valence-corrected chi connectivity index (χ1v) is 4.70. The highest BCUT2D eigenvalue weighted by atomic mass is 16.2. The zero-order valence-electron chi connectivity index (χ0n) is 8.79. The van der Waals surface area contributed by atoms with Gasteiger partial charge in [-0.05, 0) is 13.8 Å². The Morgan fingerprint density at radius 3 is 2.60 bits per heavy atom. The van der Waals surface area contributed by atoms with Gasteiger partial charge in [-0.15, -0.1) is 0 Å². The Kier molecular flexibility index (Phi) is 3.09. The Morgan fingerprint density at radius 1 is 1.60 bits per heavy atom. The number of hydrogen-bond acceptors (Lipinski definition) is 4. The van der Waals surface area contributed by atoms with Crippen molar-refractivity contribution < 1.29 is 14.4 Å². The largest absolute Gasteiger partial charge is 0.370 e. The predicted molar refractivity (Wildman–Crippen MR) is 52.6 cm³/mol. The first-order chi connectivity index (χ1) is 6.80. The van der Waals surface area contributed by atoms with Gasteiger partial charge < -0.3 is 5.73 Å². The van der Waals surface area contributed by atoms with Crippen LogP contribution in [0.15, 0.2) is 0 Å². The molecule has 0 aromatic rings. The van der Waals surface area contributed by atoms with Gasteiger partial charge in [0, 0.05) is 12.0 Å². The van der Waals surface area contributed by atoms with Crippen molar-refractivity contribution in [2.75, 3.05) is 0 Å². The lowest BCUT2D eigenvalue weighted by atomic mass is 9.98. The van der Waals surface area contributed by atoms with Gasteiger partial charge in [-0.2, -0.15) is 0 Å². The summed E-state index contributed by atoms with van der Waals surface area (Å²) in [5.41, 5.74) is 4.48. The summed E-state index contributed by atoms with van der Waals surface area (Å²) in [4.78, 5) is 32.9. The summed E-state index contributed by atoms with van der Waals surface area (Å²) in [6.45, 7) is 3.52. The Bertz CT molecular complexity index is 312. The number of primary amides is 1. The van der Waals surface area contributed by atoms with E-state index in [-0.39, 0.29) is 24.7 Å². The summed E-state index contributed by atoms with van der Waals surface area (Å²) in [6.07, 6.45) is 0.228. The Hall–Kier alpha value is -1.43. The molecule has 6 heteroatoms. The quantitative estimate of drug-likeness (QED) is 0.502. The molecule has 1 unspecified atom stereocenters. The molecule has 0 radical (unpaired) electrons. The fraction of sp³-hybridized carbons (Fsp3) is 0.667. The molecule has 4 N–H and O–H groups in total. The molecular weight excluding hydrogens is 198 g/mol. The van der Waals surface area contributed by atoms with Crippen LogP contribution in [-0.4, -0.2) is 29.3 Å². The molecule has 1 rings (SSSR count). The van der Waals surface area contributed by atoms with Gasteiger partial charge in [0.05, 0.1) is 12.5 Å². The maximum atomic E-state index is 11.2. The molecule has 1 aliphatic heterocycles. The smallest absolute Gasteiger partial charge is 0.244 e. The van der Waals surface area contributed by atoms with E-state index in [0.717, 1.165) is 0 Å². The highest BCUT2D eigenvalue weighted by molar-refractivity contribution is 6.05. The highest BCUT2D eigenvalue weighted by Crippen LogP contribution is 2.12. The van der Waals surface area contributed by atoms with Gasteiger partial charge in [0.25, 0.3) is 0 Å². The highest BCUT2D eigenvalue weighted by Gasteiger charge is 2.34. The van der Waals surface area contributed by atoms with Crippen LogP contribution in [0.2, 0.25) is 0 Å². The van der Waals surface area contributed by atoms with Crippen LogP contribution in [0, 0.1) is 0 Å². The second-order valence-electron chi connectivity index (χ2n) is 4.34. The standard InChI is InChI=1S/C9H15N3O3/c1-9(2,4-6(10)13)12-5-3-7(14)11-8(5)15/h5,12H,3-4H2,1-2H3,(H2,10,13)(H,11,14,15). The minimum absolute atomic E-state index is 0.112. The van der Waals surface area contributed by atoms with Gasteiger partial charge in [0.15, 0.2) is 0 Å². The number of carbonyl (C=O) groups excluding carboxylic acids is 3. The minimum atomic E-state index is -0.585. The molecule has 1 aliphatic rings. The van der Waals surface area contributed by atoms with E-state index in [1.54, 1.807) is 13.8 Å². The van der Waals surface area contributed by atoms with Gasteiger partial charge >= 0.3 is 0 Å². The number of rotatable bonds is 4. The molecule has 0 saturated carbocycles. The molecule has 0 spiro atoms. The van der Waals surface area contributed by atoms with E-state index in [1.807, 2.05) is 0 Å². The van der Waals surface area contributed by atoms with Crippen molar-refractivity contribution in [1.82, 2.24) is 10.6 Å². The molecule has 0 aliphatic carbocycles. The van der Waals surface area contributed by atoms with Crippen LogP contribution in [0.25, 0.3) is 0 Å². The molecular formula is C9H15N3O3. The van der Waals surface area contributed by atoms with Crippen LogP contribution in [0.3, 0.4) is 0 Å². The van der Waals surface area contributed by atoms with Gasteiger partial charge in [0.2, 0.25) is 17.7 Å². The minimum Gasteiger partial charge on any atom is -0.370 e. The van der Waals surface area contributed by atoms with Crippen molar-refractivity contribution in [2.45, 2.75) is 38.3 Å². The molecule has 1 atom stereocenters. The molecule has 0 aromatic heterocycles. The molecule has 0 bridgehead atoms. The molecule has 1 fully saturated rings. The summed E-state index contributed by atoms with van der Waals surface area (Å²) in [5.74, 6) is -1.10. The topological polar surface area (TPSA) is 101 Å². The van der Waals surface area contributed by atoms with Crippen molar-refractivity contribution in [3.05, 3.63) is 0 Å². The monoisotopic (exact) mass is 213 g/mol. The number of imide groups is 1. The second-order valence-corrected chi connectivity index (χ2v) is 4.34. The molecule has 3 amide bonds. The van der Waals surface area contributed by atoms with E-state index in [9.17, 15) is 14.4 Å². The van der Waals surface area contributed by atoms with E-state index >= 15 is 0 Å². The number of nitrogens with one attached hydrogen (secondary N) is 2. The van der Waals surface area contributed by atoms with E-state index in [1.165, 1.54) is 0 Å². The van der Waals surface area contributed by atoms with Crippen LogP contribution in [0.4, 0.5) is 0 Å². The van der Waals surface area contributed by atoms with Crippen LogP contribution in [0.5, 0.6) is 0 Å². The van der Waals surface area contributed by atoms with Crippen LogP contribution in [-0.2, 0) is 14.4 Å². The van der Waals surface area contributed by atoms with Gasteiger partial charge in [0.1, 0.15) is 0 Å². The second kappa shape index (κ2) is 3.98. The Labute approximate surface area is 87.6 Å². The molecule has 1 saturated heterocycles. The van der Waals surface area contributed by atoms with E-state index in [0.29, 0.717) is 0 Å². The van der Waals surface area contributed by atoms with Crippen molar-refractivity contribution in [3.8, 4) is 0 Å². The lowest BCUT2D eigenvalue weighted by molar-refractivity contribution is -0.126. The maximum Gasteiger partial charge on any atom is 0.244 e. The zero-order valence-corrected chi connectivity index (χ0v) is 8.79. The third-order valence-corrected chi connectivity index (χ3v) is 2.15. The third-order valence-electron chi connectivity index (χ3n) is 2.15. The number of nitrogens with two attached hydrogens (primary N) is 1. The van der Waals surface area contributed by atoms with Crippen LogP contribution >= 0.6 is 0 Å². The Morgan fingerprint density at radius 2 is 2.20 bits per heavy atom. The van der Waals surface area contributed by atoms with Gasteiger partial charge in [-0.25, -0.2) is 0 Å². The first-order valence-electron chi connectivity index (χ1n) is 4.70. The fourth-order valence-electron chi connectivity index (χ4n) is 1.63.